The van der Waals surface area contributed by atoms with Gasteiger partial charge in [0.1, 0.15) is 5.76 Å². The summed E-state index contributed by atoms with van der Waals surface area (Å²) in [6, 6.07) is 1.85. The number of anilines is 1. The number of nitrogens with zero attached hydrogens (tertiary/aromatic N) is 3. The largest absolute Gasteiger partial charge is 0.444 e. The molecule has 0 saturated carbocycles. The van der Waals surface area contributed by atoms with Gasteiger partial charge in [-0.05, 0) is 19.9 Å². The topological polar surface area (TPSA) is 63.8 Å². The van der Waals surface area contributed by atoms with Crippen LogP contribution < -0.4 is 5.32 Å². The van der Waals surface area contributed by atoms with Crippen molar-refractivity contribution in [3.05, 3.63) is 35.8 Å². The van der Waals surface area contributed by atoms with Crippen LogP contribution >= 0.6 is 0 Å². The van der Waals surface area contributed by atoms with Gasteiger partial charge in [-0.2, -0.15) is 0 Å². The van der Waals surface area contributed by atoms with Crippen LogP contribution in [0.2, 0.25) is 0 Å². The SMILES string of the molecule is Cc1ccnc(NCc2ncc(C)o2)n1. The summed E-state index contributed by atoms with van der Waals surface area (Å²) >= 11 is 0. The lowest BCUT2D eigenvalue weighted by atomic mass is 10.5. The predicted molar refractivity (Wildman–Crippen MR) is 55.3 cm³/mol. The molecule has 0 bridgehead atoms. The third-order valence-electron chi connectivity index (χ3n) is 1.86. The molecule has 0 aliphatic heterocycles. The van der Waals surface area contributed by atoms with Crippen LogP contribution in [0.15, 0.2) is 22.9 Å². The maximum absolute atomic E-state index is 5.31. The first-order valence-electron chi connectivity index (χ1n) is 4.69. The van der Waals surface area contributed by atoms with Gasteiger partial charge in [0.05, 0.1) is 12.7 Å². The maximum Gasteiger partial charge on any atom is 0.223 e. The van der Waals surface area contributed by atoms with Gasteiger partial charge in [0, 0.05) is 11.9 Å². The van der Waals surface area contributed by atoms with E-state index in [9.17, 15) is 0 Å². The van der Waals surface area contributed by atoms with Crippen molar-refractivity contribution in [2.45, 2.75) is 20.4 Å². The molecule has 15 heavy (non-hydrogen) atoms. The Kier molecular flexibility index (Phi) is 2.62. The molecule has 0 aromatic carbocycles. The Morgan fingerprint density at radius 1 is 1.33 bits per heavy atom. The van der Waals surface area contributed by atoms with E-state index >= 15 is 0 Å². The monoisotopic (exact) mass is 204 g/mol. The number of aromatic nitrogens is 3. The Bertz CT molecular complexity index is 452. The molecule has 2 aromatic rings. The van der Waals surface area contributed by atoms with Gasteiger partial charge in [0.25, 0.3) is 0 Å². The minimum atomic E-state index is 0.497. The fourth-order valence-corrected chi connectivity index (χ4v) is 1.17. The van der Waals surface area contributed by atoms with Crippen molar-refractivity contribution >= 4 is 5.95 Å². The minimum absolute atomic E-state index is 0.497. The van der Waals surface area contributed by atoms with Gasteiger partial charge in [-0.15, -0.1) is 0 Å². The smallest absolute Gasteiger partial charge is 0.223 e. The second-order valence-electron chi connectivity index (χ2n) is 3.24. The van der Waals surface area contributed by atoms with Crippen LogP contribution in [0.5, 0.6) is 0 Å². The highest BCUT2D eigenvalue weighted by Gasteiger charge is 2.01. The molecule has 0 unspecified atom stereocenters. The van der Waals surface area contributed by atoms with Crippen LogP contribution in [0.1, 0.15) is 17.3 Å². The van der Waals surface area contributed by atoms with E-state index in [2.05, 4.69) is 20.3 Å². The molecule has 0 radical (unpaired) electrons. The van der Waals surface area contributed by atoms with Gasteiger partial charge in [-0.25, -0.2) is 15.0 Å². The third kappa shape index (κ3) is 2.52. The summed E-state index contributed by atoms with van der Waals surface area (Å²) < 4.78 is 5.31. The van der Waals surface area contributed by atoms with E-state index in [0.29, 0.717) is 18.4 Å². The molecule has 5 nitrogen and oxygen atoms in total. The lowest BCUT2D eigenvalue weighted by Gasteiger charge is -2.01. The predicted octanol–water partition coefficient (Wildman–Crippen LogP) is 1.69. The average Bonchev–Trinajstić information content (AvgIpc) is 2.62. The Hall–Kier alpha value is -1.91. The number of oxazole rings is 1. The average molecular weight is 204 g/mol. The van der Waals surface area contributed by atoms with E-state index in [1.165, 1.54) is 0 Å². The van der Waals surface area contributed by atoms with Crippen LogP contribution in [0.3, 0.4) is 0 Å². The Labute approximate surface area is 87.6 Å². The summed E-state index contributed by atoms with van der Waals surface area (Å²) in [6.07, 6.45) is 3.40. The van der Waals surface area contributed by atoms with E-state index < -0.39 is 0 Å². The normalized spacial score (nSPS) is 10.3. The van der Waals surface area contributed by atoms with Crippen molar-refractivity contribution in [2.75, 3.05) is 5.32 Å². The van der Waals surface area contributed by atoms with E-state index in [1.54, 1.807) is 12.4 Å². The molecular weight excluding hydrogens is 192 g/mol. The van der Waals surface area contributed by atoms with Gasteiger partial charge in [0.2, 0.25) is 11.8 Å². The van der Waals surface area contributed by atoms with E-state index in [0.717, 1.165) is 11.5 Å². The molecule has 2 rings (SSSR count). The van der Waals surface area contributed by atoms with Crippen molar-refractivity contribution in [1.29, 1.82) is 0 Å². The molecule has 0 spiro atoms. The molecule has 0 amide bonds. The summed E-state index contributed by atoms with van der Waals surface area (Å²) in [4.78, 5) is 12.3. The number of nitrogens with one attached hydrogen (secondary N) is 1. The van der Waals surface area contributed by atoms with E-state index in [1.807, 2.05) is 19.9 Å². The first-order valence-corrected chi connectivity index (χ1v) is 4.69. The highest BCUT2D eigenvalue weighted by Crippen LogP contribution is 2.04. The number of hydrogen-bond donors (Lipinski definition) is 1. The Morgan fingerprint density at radius 3 is 2.87 bits per heavy atom. The van der Waals surface area contributed by atoms with Crippen LogP contribution in [0, 0.1) is 13.8 Å². The molecular formula is C10H12N4O. The van der Waals surface area contributed by atoms with Crippen molar-refractivity contribution in [3.63, 3.8) is 0 Å². The Morgan fingerprint density at radius 2 is 2.20 bits per heavy atom. The Balaban J connectivity index is 1.99. The van der Waals surface area contributed by atoms with E-state index in [4.69, 9.17) is 4.42 Å². The standard InChI is InChI=1S/C10H12N4O/c1-7-3-4-11-10(14-7)13-6-9-12-5-8(2)15-9/h3-5H,6H2,1-2H3,(H,11,13,14). The summed E-state index contributed by atoms with van der Waals surface area (Å²) in [5, 5.41) is 3.04. The summed E-state index contributed by atoms with van der Waals surface area (Å²) in [6.45, 7) is 4.28. The fraction of sp³-hybridized carbons (Fsp3) is 0.300. The molecule has 0 atom stereocenters. The van der Waals surface area contributed by atoms with Crippen LogP contribution in [-0.4, -0.2) is 15.0 Å². The second kappa shape index (κ2) is 4.08. The molecule has 1 N–H and O–H groups in total. The molecule has 78 valence electrons. The van der Waals surface area contributed by atoms with Crippen LogP contribution in [0.25, 0.3) is 0 Å². The lowest BCUT2D eigenvalue weighted by molar-refractivity contribution is 0.478. The first-order chi connectivity index (χ1) is 7.24. The highest BCUT2D eigenvalue weighted by molar-refractivity contribution is 5.24. The van der Waals surface area contributed by atoms with Crippen LogP contribution in [0.4, 0.5) is 5.95 Å². The zero-order valence-corrected chi connectivity index (χ0v) is 8.69. The van der Waals surface area contributed by atoms with Gasteiger partial charge in [-0.3, -0.25) is 0 Å². The fourth-order valence-electron chi connectivity index (χ4n) is 1.17. The van der Waals surface area contributed by atoms with Crippen molar-refractivity contribution in [3.8, 4) is 0 Å². The van der Waals surface area contributed by atoms with Crippen LogP contribution in [-0.2, 0) is 6.54 Å². The quantitative estimate of drug-likeness (QED) is 0.824. The summed E-state index contributed by atoms with van der Waals surface area (Å²) in [5.74, 6) is 2.03. The number of rotatable bonds is 3. The summed E-state index contributed by atoms with van der Waals surface area (Å²) in [5.41, 5.74) is 0.927. The lowest BCUT2D eigenvalue weighted by Crippen LogP contribution is -2.03. The molecule has 2 aromatic heterocycles. The van der Waals surface area contributed by atoms with Crippen molar-refractivity contribution in [2.24, 2.45) is 0 Å². The van der Waals surface area contributed by atoms with Crippen molar-refractivity contribution in [1.82, 2.24) is 15.0 Å². The highest BCUT2D eigenvalue weighted by atomic mass is 16.4. The zero-order valence-electron chi connectivity index (χ0n) is 8.69. The van der Waals surface area contributed by atoms with Gasteiger partial charge in [-0.1, -0.05) is 0 Å². The third-order valence-corrected chi connectivity index (χ3v) is 1.86. The van der Waals surface area contributed by atoms with Crippen molar-refractivity contribution < 1.29 is 4.42 Å². The molecule has 0 saturated heterocycles. The van der Waals surface area contributed by atoms with Gasteiger partial charge in [0.15, 0.2) is 0 Å². The molecule has 0 aliphatic carbocycles. The maximum atomic E-state index is 5.31. The molecule has 0 fully saturated rings. The second-order valence-corrected chi connectivity index (χ2v) is 3.24. The molecule has 2 heterocycles. The minimum Gasteiger partial charge on any atom is -0.444 e. The van der Waals surface area contributed by atoms with Gasteiger partial charge >= 0.3 is 0 Å². The first kappa shape index (κ1) is 9.64. The molecule has 0 aliphatic rings. The number of hydrogen-bond acceptors (Lipinski definition) is 5. The molecule has 5 heteroatoms. The van der Waals surface area contributed by atoms with E-state index in [-0.39, 0.29) is 0 Å². The number of aryl methyl sites for hydroxylation is 2. The summed E-state index contributed by atoms with van der Waals surface area (Å²) in [7, 11) is 0. The zero-order chi connectivity index (χ0) is 10.7. The van der Waals surface area contributed by atoms with Gasteiger partial charge < -0.3 is 9.73 Å².